The van der Waals surface area contributed by atoms with Gasteiger partial charge in [-0.15, -0.1) is 0 Å². The third kappa shape index (κ3) is 8.37. The summed E-state index contributed by atoms with van der Waals surface area (Å²) >= 11 is 15.3. The Morgan fingerprint density at radius 3 is 2.58 bits per heavy atom. The maximum atomic E-state index is 12.3. The molecule has 10 nitrogen and oxygen atoms in total. The van der Waals surface area contributed by atoms with Gasteiger partial charge in [-0.3, -0.25) is 14.4 Å². The van der Waals surface area contributed by atoms with Gasteiger partial charge >= 0.3 is 11.8 Å². The van der Waals surface area contributed by atoms with Gasteiger partial charge in [0, 0.05) is 28.9 Å². The molecule has 1 heterocycles. The quantitative estimate of drug-likeness (QED) is 0.229. The normalized spacial score (nSPS) is 14.9. The molecule has 0 saturated carbocycles. The van der Waals surface area contributed by atoms with Crippen LogP contribution in [0, 0.1) is 0 Å². The van der Waals surface area contributed by atoms with Crippen molar-refractivity contribution in [1.29, 1.82) is 0 Å². The number of ether oxygens (including phenoxy) is 3. The topological polar surface area (TPSA) is 127 Å². The molecule has 3 amide bonds. The Kier molecular flexibility index (Phi) is 10.4. The first-order valence-corrected chi connectivity index (χ1v) is 12.3. The highest BCUT2D eigenvalue weighted by Crippen LogP contribution is 2.36. The van der Waals surface area contributed by atoms with Crippen molar-refractivity contribution in [2.45, 2.75) is 18.9 Å². The molecular weight excluding hydrogens is 579 g/mol. The number of nitrogens with one attached hydrogen (secondary N) is 3. The van der Waals surface area contributed by atoms with Gasteiger partial charge in [0.05, 0.1) is 23.9 Å². The van der Waals surface area contributed by atoms with Crippen LogP contribution < -0.4 is 25.5 Å². The number of hydrogen-bond acceptors (Lipinski definition) is 7. The summed E-state index contributed by atoms with van der Waals surface area (Å²) in [6.07, 6.45) is 3.04. The minimum Gasteiger partial charge on any atom is -0.493 e. The fourth-order valence-corrected chi connectivity index (χ4v) is 4.32. The molecule has 3 rings (SSSR count). The number of benzene rings is 2. The molecule has 1 atom stereocenters. The number of hydrazone groups is 1. The van der Waals surface area contributed by atoms with Gasteiger partial charge in [-0.05, 0) is 64.7 Å². The fourth-order valence-electron chi connectivity index (χ4n) is 3.22. The standard InChI is InChI=1S/C23H23BrCl2N4O6/c1-34-19-6-13(10-28-30-23(33)22(32)27-11-17-3-2-4-35-17)5-18(24)21(19)36-12-20(31)29-16-8-14(25)7-15(26)9-16/h5-10,17H,2-4,11-12H2,1H3,(H,27,32)(H,29,31)(H,30,33)/b28-10-/t17-/m1/s1. The minimum atomic E-state index is -0.901. The molecule has 1 aliphatic heterocycles. The van der Waals surface area contributed by atoms with E-state index in [2.05, 4.69) is 37.1 Å². The number of methoxy groups -OCH3 is 1. The molecule has 0 aromatic heterocycles. The van der Waals surface area contributed by atoms with Gasteiger partial charge in [-0.2, -0.15) is 5.10 Å². The van der Waals surface area contributed by atoms with Gasteiger partial charge in [-0.1, -0.05) is 23.2 Å². The van der Waals surface area contributed by atoms with Crippen molar-refractivity contribution >= 4 is 68.8 Å². The lowest BCUT2D eigenvalue weighted by Gasteiger charge is -2.13. The summed E-state index contributed by atoms with van der Waals surface area (Å²) in [5, 5.41) is 9.73. The Morgan fingerprint density at radius 1 is 1.17 bits per heavy atom. The Balaban J connectivity index is 1.54. The number of carbonyl (C=O) groups excluding carboxylic acids is 3. The molecule has 2 aromatic rings. The molecule has 0 spiro atoms. The van der Waals surface area contributed by atoms with Crippen molar-refractivity contribution in [2.24, 2.45) is 5.10 Å². The average molecular weight is 602 g/mol. The molecule has 1 fully saturated rings. The van der Waals surface area contributed by atoms with Crippen LogP contribution in [0.4, 0.5) is 5.69 Å². The van der Waals surface area contributed by atoms with E-state index in [1.807, 2.05) is 0 Å². The van der Waals surface area contributed by atoms with Crippen molar-refractivity contribution < 1.29 is 28.6 Å². The molecule has 1 aliphatic rings. The molecule has 0 radical (unpaired) electrons. The van der Waals surface area contributed by atoms with E-state index in [-0.39, 0.29) is 25.0 Å². The Bertz CT molecular complexity index is 1140. The maximum Gasteiger partial charge on any atom is 0.329 e. The van der Waals surface area contributed by atoms with Gasteiger partial charge in [0.2, 0.25) is 0 Å². The van der Waals surface area contributed by atoms with E-state index in [1.165, 1.54) is 13.3 Å². The predicted molar refractivity (Wildman–Crippen MR) is 139 cm³/mol. The van der Waals surface area contributed by atoms with E-state index in [0.717, 1.165) is 12.8 Å². The van der Waals surface area contributed by atoms with E-state index in [9.17, 15) is 14.4 Å². The number of hydrogen-bond donors (Lipinski definition) is 3. The first kappa shape index (κ1) is 27.7. The Labute approximate surface area is 225 Å². The number of nitrogens with zero attached hydrogens (tertiary/aromatic N) is 1. The van der Waals surface area contributed by atoms with Gasteiger partial charge < -0.3 is 24.8 Å². The van der Waals surface area contributed by atoms with Crippen LogP contribution in [0.3, 0.4) is 0 Å². The van der Waals surface area contributed by atoms with Crippen molar-refractivity contribution in [1.82, 2.24) is 10.7 Å². The number of carbonyl (C=O) groups is 3. The SMILES string of the molecule is COc1cc(/C=N\NC(=O)C(=O)NC[C@H]2CCCO2)cc(Br)c1OCC(=O)Nc1cc(Cl)cc(Cl)c1. The van der Waals surface area contributed by atoms with Crippen LogP contribution in [-0.2, 0) is 19.1 Å². The largest absolute Gasteiger partial charge is 0.493 e. The minimum absolute atomic E-state index is 0.0720. The molecule has 0 bridgehead atoms. The second-order valence-electron chi connectivity index (χ2n) is 7.57. The second-order valence-corrected chi connectivity index (χ2v) is 9.30. The highest BCUT2D eigenvalue weighted by atomic mass is 79.9. The van der Waals surface area contributed by atoms with Crippen LogP contribution >= 0.6 is 39.1 Å². The van der Waals surface area contributed by atoms with E-state index < -0.39 is 17.7 Å². The molecule has 0 aliphatic carbocycles. The summed E-state index contributed by atoms with van der Waals surface area (Å²) in [6, 6.07) is 7.89. The Hall–Kier alpha value is -2.86. The van der Waals surface area contributed by atoms with Crippen molar-refractivity contribution in [3.63, 3.8) is 0 Å². The van der Waals surface area contributed by atoms with Crippen molar-refractivity contribution in [3.8, 4) is 11.5 Å². The van der Waals surface area contributed by atoms with E-state index in [0.29, 0.717) is 38.1 Å². The highest BCUT2D eigenvalue weighted by molar-refractivity contribution is 9.10. The van der Waals surface area contributed by atoms with Crippen molar-refractivity contribution in [2.75, 3.05) is 32.2 Å². The molecule has 192 valence electrons. The number of rotatable bonds is 9. The average Bonchev–Trinajstić information content (AvgIpc) is 3.34. The Morgan fingerprint density at radius 2 is 1.92 bits per heavy atom. The summed E-state index contributed by atoms with van der Waals surface area (Å²) in [6.45, 7) is 0.613. The van der Waals surface area contributed by atoms with Crippen LogP contribution in [0.2, 0.25) is 10.0 Å². The highest BCUT2D eigenvalue weighted by Gasteiger charge is 2.19. The third-order valence-corrected chi connectivity index (χ3v) is 5.87. The zero-order valence-corrected chi connectivity index (χ0v) is 22.2. The van der Waals surface area contributed by atoms with Gasteiger partial charge in [0.25, 0.3) is 5.91 Å². The molecule has 13 heteroatoms. The fraction of sp³-hybridized carbons (Fsp3) is 0.304. The lowest BCUT2D eigenvalue weighted by atomic mass is 10.2. The molecule has 36 heavy (non-hydrogen) atoms. The molecule has 1 saturated heterocycles. The second kappa shape index (κ2) is 13.4. The monoisotopic (exact) mass is 600 g/mol. The maximum absolute atomic E-state index is 12.3. The number of anilines is 1. The molecule has 3 N–H and O–H groups in total. The number of halogens is 3. The van der Waals surface area contributed by atoms with Crippen LogP contribution in [-0.4, -0.2) is 56.9 Å². The van der Waals surface area contributed by atoms with E-state index >= 15 is 0 Å². The van der Waals surface area contributed by atoms with E-state index in [4.69, 9.17) is 37.4 Å². The molecule has 0 unspecified atom stereocenters. The third-order valence-electron chi connectivity index (χ3n) is 4.85. The summed E-state index contributed by atoms with van der Waals surface area (Å²) < 4.78 is 16.8. The van der Waals surface area contributed by atoms with Gasteiger partial charge in [-0.25, -0.2) is 5.43 Å². The smallest absolute Gasteiger partial charge is 0.329 e. The lowest BCUT2D eigenvalue weighted by Crippen LogP contribution is -2.41. The summed E-state index contributed by atoms with van der Waals surface area (Å²) in [5.41, 5.74) is 3.13. The zero-order chi connectivity index (χ0) is 26.1. The summed E-state index contributed by atoms with van der Waals surface area (Å²) in [4.78, 5) is 36.1. The predicted octanol–water partition coefficient (Wildman–Crippen LogP) is 3.53. The first-order chi connectivity index (χ1) is 17.2. The van der Waals surface area contributed by atoms with Crippen LogP contribution in [0.5, 0.6) is 11.5 Å². The zero-order valence-electron chi connectivity index (χ0n) is 19.1. The first-order valence-electron chi connectivity index (χ1n) is 10.7. The molecule has 2 aromatic carbocycles. The summed E-state index contributed by atoms with van der Waals surface area (Å²) in [7, 11) is 1.43. The van der Waals surface area contributed by atoms with Crippen LogP contribution in [0.1, 0.15) is 18.4 Å². The van der Waals surface area contributed by atoms with E-state index in [1.54, 1.807) is 30.3 Å². The lowest BCUT2D eigenvalue weighted by molar-refractivity contribution is -0.139. The van der Waals surface area contributed by atoms with Gasteiger partial charge in [0.1, 0.15) is 0 Å². The van der Waals surface area contributed by atoms with Crippen LogP contribution in [0.15, 0.2) is 39.9 Å². The summed E-state index contributed by atoms with van der Waals surface area (Å²) in [5.74, 6) is -1.55. The molecular formula is C23H23BrCl2N4O6. The van der Waals surface area contributed by atoms with Gasteiger partial charge in [0.15, 0.2) is 18.1 Å². The van der Waals surface area contributed by atoms with Crippen molar-refractivity contribution in [3.05, 3.63) is 50.4 Å². The van der Waals surface area contributed by atoms with Crippen LogP contribution in [0.25, 0.3) is 0 Å². The number of amides is 3.